The highest BCUT2D eigenvalue weighted by molar-refractivity contribution is 6.68. The van der Waals surface area contributed by atoms with Crippen LogP contribution in [-0.4, -0.2) is 9.76 Å². The number of hydrogen-bond acceptors (Lipinski definition) is 2. The summed E-state index contributed by atoms with van der Waals surface area (Å²) >= 11 is 15.1. The zero-order chi connectivity index (χ0) is 6.78. The number of carbonyl (C=O) groups excluding carboxylic acids is 1. The van der Waals surface area contributed by atoms with Crippen LogP contribution in [0, 0.1) is 0 Å². The summed E-state index contributed by atoms with van der Waals surface area (Å²) in [4.78, 5) is 9.65. The van der Waals surface area contributed by atoms with E-state index in [1.807, 2.05) is 0 Å². The molecule has 0 saturated carbocycles. The molecule has 0 bridgehead atoms. The van der Waals surface area contributed by atoms with Crippen molar-refractivity contribution in [2.75, 3.05) is 0 Å². The fraction of sp³-hybridized carbons (Fsp3) is 0.667. The molecule has 0 rings (SSSR count). The first kappa shape index (κ1) is 8.34. The van der Waals surface area contributed by atoms with Crippen LogP contribution < -0.4 is 5.11 Å². The Morgan fingerprint density at radius 2 is 1.88 bits per heavy atom. The summed E-state index contributed by atoms with van der Waals surface area (Å²) in [7, 11) is 0. The number of alkyl halides is 3. The quantitative estimate of drug-likeness (QED) is 0.546. The van der Waals surface area contributed by atoms with Gasteiger partial charge in [-0.25, -0.2) is 0 Å². The van der Waals surface area contributed by atoms with E-state index in [9.17, 15) is 9.90 Å². The van der Waals surface area contributed by atoms with Crippen LogP contribution in [0.1, 0.15) is 6.42 Å². The Bertz CT molecular complexity index is 95.2. The van der Waals surface area contributed by atoms with Crippen molar-refractivity contribution >= 4 is 40.8 Å². The van der Waals surface area contributed by atoms with Gasteiger partial charge in [-0.1, -0.05) is 34.8 Å². The summed E-state index contributed by atoms with van der Waals surface area (Å²) < 4.78 is -1.72. The van der Waals surface area contributed by atoms with Crippen molar-refractivity contribution in [3.05, 3.63) is 0 Å². The number of hydrogen-bond donors (Lipinski definition) is 0. The topological polar surface area (TPSA) is 40.1 Å². The Hall–Kier alpha value is 0.340. The number of aliphatic carboxylic acids is 1. The smallest absolute Gasteiger partial charge is 0.195 e. The van der Waals surface area contributed by atoms with E-state index in [0.29, 0.717) is 0 Å². The van der Waals surface area contributed by atoms with Crippen LogP contribution in [0.15, 0.2) is 0 Å². The molecule has 0 aromatic carbocycles. The third kappa shape index (κ3) is 6.34. The van der Waals surface area contributed by atoms with Crippen molar-refractivity contribution in [1.29, 1.82) is 0 Å². The molecule has 8 heavy (non-hydrogen) atoms. The Morgan fingerprint density at radius 1 is 1.50 bits per heavy atom. The van der Waals surface area contributed by atoms with Gasteiger partial charge in [0.2, 0.25) is 0 Å². The first-order chi connectivity index (χ1) is 3.42. The van der Waals surface area contributed by atoms with Crippen molar-refractivity contribution < 1.29 is 9.90 Å². The van der Waals surface area contributed by atoms with Crippen molar-refractivity contribution in [3.8, 4) is 0 Å². The van der Waals surface area contributed by atoms with Gasteiger partial charge in [-0.05, 0) is 0 Å². The molecule has 0 aromatic heterocycles. The maximum Gasteiger partial charge on any atom is 0.195 e. The monoisotopic (exact) mass is 175 g/mol. The Morgan fingerprint density at radius 3 is 1.88 bits per heavy atom. The maximum atomic E-state index is 9.65. The van der Waals surface area contributed by atoms with Gasteiger partial charge in [-0.3, -0.25) is 0 Å². The molecule has 2 nitrogen and oxygen atoms in total. The van der Waals surface area contributed by atoms with Gasteiger partial charge < -0.3 is 9.90 Å². The Labute approximate surface area is 61.3 Å². The Kier molecular flexibility index (Phi) is 2.88. The van der Waals surface area contributed by atoms with Crippen LogP contribution in [0.25, 0.3) is 0 Å². The van der Waals surface area contributed by atoms with Gasteiger partial charge in [0.25, 0.3) is 0 Å². The largest absolute Gasteiger partial charge is 0.550 e. The van der Waals surface area contributed by atoms with Gasteiger partial charge >= 0.3 is 0 Å². The summed E-state index contributed by atoms with van der Waals surface area (Å²) in [5, 5.41) is 9.65. The minimum Gasteiger partial charge on any atom is -0.550 e. The van der Waals surface area contributed by atoms with Crippen molar-refractivity contribution in [3.63, 3.8) is 0 Å². The van der Waals surface area contributed by atoms with E-state index in [0.717, 1.165) is 0 Å². The van der Waals surface area contributed by atoms with Crippen LogP contribution in [0.2, 0.25) is 0 Å². The molecule has 0 aliphatic heterocycles. The molecule has 5 heteroatoms. The van der Waals surface area contributed by atoms with Crippen LogP contribution >= 0.6 is 34.8 Å². The average Bonchev–Trinajstić information content (AvgIpc) is 1.21. The normalized spacial score (nSPS) is 11.4. The van der Waals surface area contributed by atoms with Crippen LogP contribution in [-0.2, 0) is 4.79 Å². The second-order valence-electron chi connectivity index (χ2n) is 1.16. The molecular weight excluding hydrogens is 174 g/mol. The zero-order valence-corrected chi connectivity index (χ0v) is 5.93. The number of rotatable bonds is 1. The standard InChI is InChI=1S/C3H3Cl3O2/c4-3(5,6)1-2(7)8/h1H2,(H,7,8)/p-1. The van der Waals surface area contributed by atoms with Crippen LogP contribution in [0.3, 0.4) is 0 Å². The van der Waals surface area contributed by atoms with E-state index < -0.39 is 16.2 Å². The molecule has 0 saturated heterocycles. The van der Waals surface area contributed by atoms with E-state index >= 15 is 0 Å². The lowest BCUT2D eigenvalue weighted by Crippen LogP contribution is -2.26. The fourth-order valence-corrected chi connectivity index (χ4v) is 0.491. The summed E-state index contributed by atoms with van der Waals surface area (Å²) in [5.41, 5.74) is 0. The van der Waals surface area contributed by atoms with Crippen LogP contribution in [0.4, 0.5) is 0 Å². The highest BCUT2D eigenvalue weighted by atomic mass is 35.6. The summed E-state index contributed by atoms with van der Waals surface area (Å²) in [6.45, 7) is 0. The lowest BCUT2D eigenvalue weighted by Gasteiger charge is -2.09. The molecule has 0 unspecified atom stereocenters. The van der Waals surface area contributed by atoms with Crippen molar-refractivity contribution in [2.45, 2.75) is 10.2 Å². The molecule has 0 heterocycles. The maximum absolute atomic E-state index is 9.65. The molecule has 0 fully saturated rings. The predicted molar refractivity (Wildman–Crippen MR) is 29.9 cm³/mol. The van der Waals surface area contributed by atoms with E-state index in [-0.39, 0.29) is 0 Å². The predicted octanol–water partition coefficient (Wildman–Crippen LogP) is 0.497. The van der Waals surface area contributed by atoms with Gasteiger partial charge in [-0.2, -0.15) is 0 Å². The molecular formula is C3H2Cl3O2-. The first-order valence-electron chi connectivity index (χ1n) is 1.68. The number of carboxylic acid groups (broad SMARTS) is 1. The highest BCUT2D eigenvalue weighted by Gasteiger charge is 2.18. The summed E-state index contributed by atoms with van der Waals surface area (Å²) in [5.74, 6) is -1.37. The minimum atomic E-state index is -1.72. The molecule has 0 amide bonds. The lowest BCUT2D eigenvalue weighted by atomic mass is 10.5. The van der Waals surface area contributed by atoms with Gasteiger partial charge in [0.05, 0.1) is 0 Å². The van der Waals surface area contributed by atoms with Gasteiger partial charge in [0, 0.05) is 12.4 Å². The molecule has 0 aliphatic carbocycles. The Balaban J connectivity index is 3.55. The SMILES string of the molecule is O=C([O-])CC(Cl)(Cl)Cl. The lowest BCUT2D eigenvalue weighted by molar-refractivity contribution is -0.305. The van der Waals surface area contributed by atoms with Gasteiger partial charge in [0.1, 0.15) is 0 Å². The summed E-state index contributed by atoms with van der Waals surface area (Å²) in [6, 6.07) is 0. The third-order valence-electron chi connectivity index (χ3n) is 0.345. The first-order valence-corrected chi connectivity index (χ1v) is 2.82. The van der Waals surface area contributed by atoms with Crippen LogP contribution in [0.5, 0.6) is 0 Å². The molecule has 0 spiro atoms. The van der Waals surface area contributed by atoms with Crippen molar-refractivity contribution in [1.82, 2.24) is 0 Å². The van der Waals surface area contributed by atoms with Crippen molar-refractivity contribution in [2.24, 2.45) is 0 Å². The third-order valence-corrected chi connectivity index (χ3v) is 0.746. The van der Waals surface area contributed by atoms with Gasteiger partial charge in [0.15, 0.2) is 3.79 Å². The molecule has 0 aliphatic rings. The van der Waals surface area contributed by atoms with E-state index in [2.05, 4.69) is 0 Å². The zero-order valence-electron chi connectivity index (χ0n) is 3.66. The molecule has 0 atom stereocenters. The highest BCUT2D eigenvalue weighted by Crippen LogP contribution is 2.28. The second-order valence-corrected chi connectivity index (χ2v) is 3.68. The molecule has 48 valence electrons. The number of halogens is 3. The number of carbonyl (C=O) groups is 1. The summed E-state index contributed by atoms with van der Waals surface area (Å²) in [6.07, 6.45) is -0.572. The molecule has 0 N–H and O–H groups in total. The second kappa shape index (κ2) is 2.76. The van der Waals surface area contributed by atoms with E-state index in [4.69, 9.17) is 34.8 Å². The van der Waals surface area contributed by atoms with Gasteiger partial charge in [-0.15, -0.1) is 0 Å². The average molecular weight is 176 g/mol. The molecule has 0 aromatic rings. The minimum absolute atomic E-state index is 0.572. The fourth-order valence-electron chi connectivity index (χ4n) is 0.164. The van der Waals surface area contributed by atoms with E-state index in [1.165, 1.54) is 0 Å². The number of carboxylic acids is 1. The van der Waals surface area contributed by atoms with E-state index in [1.54, 1.807) is 0 Å². The molecule has 0 radical (unpaired) electrons.